The predicted octanol–water partition coefficient (Wildman–Crippen LogP) is 2.22. The van der Waals surface area contributed by atoms with Crippen LogP contribution in [0, 0.1) is 5.41 Å². The Morgan fingerprint density at radius 3 is 2.61 bits per heavy atom. The lowest BCUT2D eigenvalue weighted by molar-refractivity contribution is 0.164. The van der Waals surface area contributed by atoms with Crippen LogP contribution in [0.4, 0.5) is 0 Å². The van der Waals surface area contributed by atoms with Crippen molar-refractivity contribution in [2.45, 2.75) is 12.8 Å². The van der Waals surface area contributed by atoms with Gasteiger partial charge in [-0.25, -0.2) is 0 Å². The van der Waals surface area contributed by atoms with E-state index in [-0.39, 0.29) is 17.8 Å². The number of hydrogen-bond acceptors (Lipinski definition) is 5. The van der Waals surface area contributed by atoms with Crippen molar-refractivity contribution >= 4 is 0 Å². The molecule has 0 aromatic heterocycles. The summed E-state index contributed by atoms with van der Waals surface area (Å²) in [7, 11) is 3.25. The molecule has 0 saturated carbocycles. The van der Waals surface area contributed by atoms with Crippen molar-refractivity contribution in [3.63, 3.8) is 0 Å². The van der Waals surface area contributed by atoms with Crippen LogP contribution in [0.3, 0.4) is 0 Å². The van der Waals surface area contributed by atoms with E-state index in [0.29, 0.717) is 13.0 Å². The molecule has 23 heavy (non-hydrogen) atoms. The van der Waals surface area contributed by atoms with Gasteiger partial charge in [0.2, 0.25) is 0 Å². The average Bonchev–Trinajstić information content (AvgIpc) is 2.60. The van der Waals surface area contributed by atoms with Crippen LogP contribution in [0.1, 0.15) is 12.0 Å². The zero-order valence-electron chi connectivity index (χ0n) is 13.7. The van der Waals surface area contributed by atoms with Crippen LogP contribution in [-0.2, 0) is 6.42 Å². The van der Waals surface area contributed by atoms with Crippen molar-refractivity contribution in [1.82, 2.24) is 5.32 Å². The second-order valence-electron chi connectivity index (χ2n) is 5.80. The van der Waals surface area contributed by atoms with Gasteiger partial charge in [0.05, 0.1) is 20.8 Å². The number of methoxy groups -OCH3 is 2. The largest absolute Gasteiger partial charge is 0.508 e. The lowest BCUT2D eigenvalue weighted by Gasteiger charge is -2.29. The number of hydrogen-bond donors (Lipinski definition) is 3. The Morgan fingerprint density at radius 2 is 2.00 bits per heavy atom. The minimum atomic E-state index is -0.330. The number of benzene rings is 1. The first-order chi connectivity index (χ1) is 11.1. The van der Waals surface area contributed by atoms with Gasteiger partial charge in [0.1, 0.15) is 5.76 Å². The summed E-state index contributed by atoms with van der Waals surface area (Å²) >= 11 is 0. The Balaban J connectivity index is 1.84. The molecule has 0 saturated heterocycles. The van der Waals surface area contributed by atoms with Crippen molar-refractivity contribution < 1.29 is 19.7 Å². The van der Waals surface area contributed by atoms with Gasteiger partial charge in [0, 0.05) is 12.0 Å². The van der Waals surface area contributed by atoms with E-state index in [4.69, 9.17) is 9.47 Å². The Bertz CT molecular complexity index is 582. The van der Waals surface area contributed by atoms with Crippen LogP contribution in [0.5, 0.6) is 11.5 Å². The molecule has 1 aromatic carbocycles. The molecular weight excluding hydrogens is 294 g/mol. The van der Waals surface area contributed by atoms with Gasteiger partial charge in [-0.15, -0.1) is 0 Å². The summed E-state index contributed by atoms with van der Waals surface area (Å²) in [6.07, 6.45) is 6.76. The van der Waals surface area contributed by atoms with Crippen molar-refractivity contribution in [2.75, 3.05) is 33.9 Å². The molecule has 5 nitrogen and oxygen atoms in total. The fourth-order valence-electron chi connectivity index (χ4n) is 2.62. The molecule has 1 aromatic rings. The molecule has 0 fully saturated rings. The SMILES string of the molecule is COc1ccc(CCNC[C@]2(CO)C=CC(O)=CC2)cc1OC. The molecule has 126 valence electrons. The first-order valence-corrected chi connectivity index (χ1v) is 7.73. The molecule has 0 spiro atoms. The van der Waals surface area contributed by atoms with E-state index in [1.807, 2.05) is 24.3 Å². The molecule has 0 heterocycles. The fraction of sp³-hybridized carbons (Fsp3) is 0.444. The summed E-state index contributed by atoms with van der Waals surface area (Å²) < 4.78 is 10.5. The second-order valence-corrected chi connectivity index (χ2v) is 5.80. The Labute approximate surface area is 137 Å². The summed E-state index contributed by atoms with van der Waals surface area (Å²) in [6, 6.07) is 5.90. The minimum Gasteiger partial charge on any atom is -0.508 e. The molecule has 1 aliphatic rings. The van der Waals surface area contributed by atoms with E-state index in [1.165, 1.54) is 0 Å². The molecule has 3 N–H and O–H groups in total. The highest BCUT2D eigenvalue weighted by Gasteiger charge is 2.27. The summed E-state index contributed by atoms with van der Waals surface area (Å²) in [6.45, 7) is 1.51. The summed E-state index contributed by atoms with van der Waals surface area (Å²) in [5, 5.41) is 22.4. The average molecular weight is 319 g/mol. The molecule has 0 aliphatic heterocycles. The monoisotopic (exact) mass is 319 g/mol. The van der Waals surface area contributed by atoms with Crippen molar-refractivity contribution in [3.05, 3.63) is 47.7 Å². The number of ether oxygens (including phenoxy) is 2. The van der Waals surface area contributed by atoms with E-state index in [0.717, 1.165) is 30.0 Å². The van der Waals surface area contributed by atoms with Crippen LogP contribution < -0.4 is 14.8 Å². The Hall–Kier alpha value is -1.98. The lowest BCUT2D eigenvalue weighted by atomic mass is 9.82. The van der Waals surface area contributed by atoms with Crippen molar-refractivity contribution in [2.24, 2.45) is 5.41 Å². The smallest absolute Gasteiger partial charge is 0.160 e. The van der Waals surface area contributed by atoms with Crippen LogP contribution in [-0.4, -0.2) is 44.1 Å². The molecule has 0 unspecified atom stereocenters. The van der Waals surface area contributed by atoms with Gasteiger partial charge < -0.3 is 25.0 Å². The topological polar surface area (TPSA) is 71.0 Å². The van der Waals surface area contributed by atoms with Crippen LogP contribution in [0.15, 0.2) is 42.2 Å². The number of nitrogens with one attached hydrogen (secondary N) is 1. The van der Waals surface area contributed by atoms with Gasteiger partial charge in [-0.1, -0.05) is 12.1 Å². The van der Waals surface area contributed by atoms with Crippen LogP contribution in [0.25, 0.3) is 0 Å². The van der Waals surface area contributed by atoms with Gasteiger partial charge in [0.15, 0.2) is 11.5 Å². The Kier molecular flexibility index (Phi) is 6.07. The standard InChI is InChI=1S/C18H25NO4/c1-22-16-4-3-14(11-17(16)23-2)7-10-19-12-18(13-20)8-5-15(21)6-9-18/h3-6,8,11,19-21H,7,9-10,12-13H2,1-2H3/t18-/m0/s1. The quantitative estimate of drug-likeness (QED) is 0.641. The molecule has 0 bridgehead atoms. The molecule has 2 rings (SSSR count). The lowest BCUT2D eigenvalue weighted by Crippen LogP contribution is -2.37. The van der Waals surface area contributed by atoms with E-state index in [1.54, 1.807) is 26.4 Å². The highest BCUT2D eigenvalue weighted by molar-refractivity contribution is 5.42. The molecule has 1 aliphatic carbocycles. The highest BCUT2D eigenvalue weighted by Crippen LogP contribution is 2.29. The number of aliphatic hydroxyl groups is 2. The van der Waals surface area contributed by atoms with Gasteiger partial charge >= 0.3 is 0 Å². The molecule has 1 atom stereocenters. The van der Waals surface area contributed by atoms with Crippen LogP contribution in [0.2, 0.25) is 0 Å². The van der Waals surface area contributed by atoms with Gasteiger partial charge in [-0.05, 0) is 49.2 Å². The molecular formula is C18H25NO4. The number of rotatable bonds is 8. The number of allylic oxidation sites excluding steroid dienone is 2. The second kappa shape index (κ2) is 8.04. The first-order valence-electron chi connectivity index (χ1n) is 7.73. The van der Waals surface area contributed by atoms with Gasteiger partial charge in [-0.3, -0.25) is 0 Å². The normalized spacial score (nSPS) is 20.2. The summed E-state index contributed by atoms with van der Waals surface area (Å²) in [4.78, 5) is 0. The van der Waals surface area contributed by atoms with Crippen molar-refractivity contribution in [3.8, 4) is 11.5 Å². The van der Waals surface area contributed by atoms with E-state index in [2.05, 4.69) is 5.32 Å². The van der Waals surface area contributed by atoms with Crippen molar-refractivity contribution in [1.29, 1.82) is 0 Å². The maximum absolute atomic E-state index is 9.64. The third-order valence-corrected chi connectivity index (χ3v) is 4.16. The van der Waals surface area contributed by atoms with E-state index >= 15 is 0 Å². The minimum absolute atomic E-state index is 0.0522. The highest BCUT2D eigenvalue weighted by atomic mass is 16.5. The number of aliphatic hydroxyl groups excluding tert-OH is 2. The van der Waals surface area contributed by atoms with Crippen LogP contribution >= 0.6 is 0 Å². The maximum Gasteiger partial charge on any atom is 0.160 e. The van der Waals surface area contributed by atoms with E-state index in [9.17, 15) is 10.2 Å². The first kappa shape index (κ1) is 17.4. The summed E-state index contributed by atoms with van der Waals surface area (Å²) in [5.74, 6) is 1.72. The van der Waals surface area contributed by atoms with E-state index < -0.39 is 0 Å². The van der Waals surface area contributed by atoms with Gasteiger partial charge in [-0.2, -0.15) is 0 Å². The molecule has 0 radical (unpaired) electrons. The zero-order valence-corrected chi connectivity index (χ0v) is 13.7. The molecule has 0 amide bonds. The van der Waals surface area contributed by atoms with Gasteiger partial charge in [0.25, 0.3) is 0 Å². The third kappa shape index (κ3) is 4.50. The summed E-state index contributed by atoms with van der Waals surface area (Å²) in [5.41, 5.74) is 0.828. The third-order valence-electron chi connectivity index (χ3n) is 4.16. The maximum atomic E-state index is 9.64. The zero-order chi connectivity index (χ0) is 16.7. The Morgan fingerprint density at radius 1 is 1.22 bits per heavy atom. The molecule has 5 heteroatoms. The fourth-order valence-corrected chi connectivity index (χ4v) is 2.62. The predicted molar refractivity (Wildman–Crippen MR) is 90.1 cm³/mol.